The number of hydrogen-bond acceptors (Lipinski definition) is 7. The van der Waals surface area contributed by atoms with Crippen molar-refractivity contribution in [3.63, 3.8) is 0 Å². The van der Waals surface area contributed by atoms with Gasteiger partial charge in [-0.15, -0.1) is 0 Å². The van der Waals surface area contributed by atoms with Crippen molar-refractivity contribution in [2.75, 3.05) is 51.1 Å². The fourth-order valence-electron chi connectivity index (χ4n) is 4.39. The Hall–Kier alpha value is -2.53. The van der Waals surface area contributed by atoms with Gasteiger partial charge in [-0.05, 0) is 57.8 Å². The topological polar surface area (TPSA) is 86.3 Å². The summed E-state index contributed by atoms with van der Waals surface area (Å²) >= 11 is 0. The first-order chi connectivity index (χ1) is 15.8. The Morgan fingerprint density at radius 1 is 1.03 bits per heavy atom. The van der Waals surface area contributed by atoms with E-state index in [4.69, 9.17) is 0 Å². The second-order valence-electron chi connectivity index (χ2n) is 8.80. The van der Waals surface area contributed by atoms with Crippen molar-refractivity contribution in [1.29, 1.82) is 0 Å². The Bertz CT molecular complexity index is 970. The van der Waals surface area contributed by atoms with E-state index in [-0.39, 0.29) is 23.6 Å². The molecular weight excluding hydrogens is 435 g/mol. The molecule has 33 heavy (non-hydrogen) atoms. The molecule has 0 atom stereocenters. The number of likely N-dealkylation sites (tertiary alicyclic amines) is 2. The maximum Gasteiger partial charge on any atom is 0.405 e. The van der Waals surface area contributed by atoms with Crippen LogP contribution >= 0.6 is 0 Å². The summed E-state index contributed by atoms with van der Waals surface area (Å²) in [6.45, 7) is 6.99. The van der Waals surface area contributed by atoms with E-state index >= 15 is 0 Å². The van der Waals surface area contributed by atoms with Gasteiger partial charge in [0.1, 0.15) is 17.9 Å². The Kier molecular flexibility index (Phi) is 7.28. The van der Waals surface area contributed by atoms with Gasteiger partial charge < -0.3 is 20.4 Å². The van der Waals surface area contributed by atoms with Crippen molar-refractivity contribution in [3.05, 3.63) is 23.7 Å². The summed E-state index contributed by atoms with van der Waals surface area (Å²) in [5.41, 5.74) is 1.23. The van der Waals surface area contributed by atoms with Gasteiger partial charge in [0, 0.05) is 32.2 Å². The van der Waals surface area contributed by atoms with Crippen molar-refractivity contribution in [2.24, 2.45) is 0 Å². The molecule has 180 valence electrons. The number of aromatic nitrogens is 3. The van der Waals surface area contributed by atoms with E-state index < -0.39 is 12.7 Å². The average molecular weight is 466 g/mol. The van der Waals surface area contributed by atoms with E-state index in [1.54, 1.807) is 13.0 Å². The number of halogens is 3. The summed E-state index contributed by atoms with van der Waals surface area (Å²) < 4.78 is 37.3. The zero-order valence-electron chi connectivity index (χ0n) is 18.8. The molecule has 2 aromatic rings. The minimum absolute atomic E-state index is 0.0502. The second-order valence-corrected chi connectivity index (χ2v) is 8.80. The molecule has 4 rings (SSSR count). The number of amides is 1. The van der Waals surface area contributed by atoms with E-state index in [0.717, 1.165) is 39.0 Å². The van der Waals surface area contributed by atoms with Crippen molar-refractivity contribution >= 4 is 22.8 Å². The molecule has 2 N–H and O–H groups in total. The fraction of sp³-hybridized carbons (Fsp3) is 0.636. The standard InChI is InChI=1S/C22H30F3N7O/c1-15-19-17(4-5-18(30-19)26-14-22(23,24)25)29-20(27-15)21(33)28-16-6-10-32(11-7-16)13-12-31-8-2-3-9-31/h4-5,16H,2-3,6-14H2,1H3,(H,26,30)(H,28,33). The third-order valence-corrected chi connectivity index (χ3v) is 6.24. The molecule has 0 bridgehead atoms. The number of aryl methyl sites for hydroxylation is 1. The van der Waals surface area contributed by atoms with Crippen LogP contribution in [0.4, 0.5) is 19.0 Å². The summed E-state index contributed by atoms with van der Waals surface area (Å²) in [5, 5.41) is 5.28. The van der Waals surface area contributed by atoms with E-state index in [1.165, 1.54) is 32.0 Å². The third-order valence-electron chi connectivity index (χ3n) is 6.24. The highest BCUT2D eigenvalue weighted by Gasteiger charge is 2.27. The molecule has 0 radical (unpaired) electrons. The lowest BCUT2D eigenvalue weighted by Gasteiger charge is -2.33. The molecule has 0 aromatic carbocycles. The highest BCUT2D eigenvalue weighted by atomic mass is 19.4. The number of fused-ring (bicyclic) bond motifs is 1. The summed E-state index contributed by atoms with van der Waals surface area (Å²) in [6, 6.07) is 3.04. The number of hydrogen-bond donors (Lipinski definition) is 2. The van der Waals surface area contributed by atoms with Gasteiger partial charge in [0.2, 0.25) is 5.82 Å². The van der Waals surface area contributed by atoms with Crippen LogP contribution in [0.15, 0.2) is 12.1 Å². The van der Waals surface area contributed by atoms with Crippen LogP contribution in [0, 0.1) is 6.92 Å². The number of anilines is 1. The molecule has 4 heterocycles. The van der Waals surface area contributed by atoms with Crippen LogP contribution in [-0.2, 0) is 0 Å². The quantitative estimate of drug-likeness (QED) is 0.650. The zero-order valence-corrected chi connectivity index (χ0v) is 18.8. The van der Waals surface area contributed by atoms with Crippen molar-refractivity contribution in [2.45, 2.75) is 44.8 Å². The predicted molar refractivity (Wildman–Crippen MR) is 119 cm³/mol. The number of rotatable bonds is 7. The number of piperidine rings is 1. The minimum Gasteiger partial charge on any atom is -0.361 e. The highest BCUT2D eigenvalue weighted by Crippen LogP contribution is 2.19. The molecule has 1 amide bonds. The highest BCUT2D eigenvalue weighted by molar-refractivity contribution is 5.93. The van der Waals surface area contributed by atoms with Crippen LogP contribution in [0.3, 0.4) is 0 Å². The summed E-state index contributed by atoms with van der Waals surface area (Å²) in [6.07, 6.45) is 0.0313. The second kappa shape index (κ2) is 10.2. The molecule has 2 fully saturated rings. The van der Waals surface area contributed by atoms with Crippen molar-refractivity contribution < 1.29 is 18.0 Å². The monoisotopic (exact) mass is 465 g/mol. The van der Waals surface area contributed by atoms with Gasteiger partial charge >= 0.3 is 6.18 Å². The molecule has 0 aliphatic carbocycles. The molecule has 0 unspecified atom stereocenters. The van der Waals surface area contributed by atoms with Gasteiger partial charge in [0.25, 0.3) is 5.91 Å². The lowest BCUT2D eigenvalue weighted by atomic mass is 10.0. The Morgan fingerprint density at radius 2 is 1.70 bits per heavy atom. The van der Waals surface area contributed by atoms with Gasteiger partial charge in [-0.2, -0.15) is 13.2 Å². The van der Waals surface area contributed by atoms with Crippen molar-refractivity contribution in [3.8, 4) is 0 Å². The molecule has 2 aromatic heterocycles. The normalized spacial score (nSPS) is 18.7. The Labute approximate surface area is 191 Å². The molecule has 2 saturated heterocycles. The molecule has 0 spiro atoms. The van der Waals surface area contributed by atoms with Crippen LogP contribution in [0.1, 0.15) is 42.0 Å². The Balaban J connectivity index is 1.31. The molecule has 11 heteroatoms. The smallest absolute Gasteiger partial charge is 0.361 e. The van der Waals surface area contributed by atoms with Crippen LogP contribution in [0.5, 0.6) is 0 Å². The van der Waals surface area contributed by atoms with Crippen LogP contribution < -0.4 is 10.6 Å². The molecule has 0 saturated carbocycles. The van der Waals surface area contributed by atoms with Gasteiger partial charge in [0.05, 0.1) is 11.2 Å². The number of alkyl halides is 3. The lowest BCUT2D eigenvalue weighted by Crippen LogP contribution is -2.46. The molecule has 2 aliphatic rings. The Morgan fingerprint density at radius 3 is 2.36 bits per heavy atom. The van der Waals surface area contributed by atoms with Crippen LogP contribution in [0.25, 0.3) is 11.0 Å². The van der Waals surface area contributed by atoms with Gasteiger partial charge in [-0.1, -0.05) is 0 Å². The SMILES string of the molecule is Cc1nc(C(=O)NC2CCN(CCN3CCCC3)CC2)nc2ccc(NCC(F)(F)F)nc12. The molecule has 8 nitrogen and oxygen atoms in total. The average Bonchev–Trinajstić information content (AvgIpc) is 3.30. The number of carbonyl (C=O) groups excluding carboxylic acids is 1. The number of carbonyl (C=O) groups is 1. The number of pyridine rings is 1. The maximum atomic E-state index is 12.8. The molecule has 2 aliphatic heterocycles. The number of nitrogens with one attached hydrogen (secondary N) is 2. The first-order valence-corrected chi connectivity index (χ1v) is 11.5. The zero-order chi connectivity index (χ0) is 23.4. The minimum atomic E-state index is -4.34. The van der Waals surface area contributed by atoms with E-state index in [9.17, 15) is 18.0 Å². The van der Waals surface area contributed by atoms with Gasteiger partial charge in [-0.25, -0.2) is 15.0 Å². The van der Waals surface area contributed by atoms with Gasteiger partial charge in [0.15, 0.2) is 0 Å². The summed E-state index contributed by atoms with van der Waals surface area (Å²) in [4.78, 5) is 30.4. The number of nitrogens with zero attached hydrogens (tertiary/aromatic N) is 5. The summed E-state index contributed by atoms with van der Waals surface area (Å²) in [5.74, 6) is -0.204. The molecular formula is C22H30F3N7O. The van der Waals surface area contributed by atoms with Crippen LogP contribution in [0.2, 0.25) is 0 Å². The third kappa shape index (κ3) is 6.50. The largest absolute Gasteiger partial charge is 0.405 e. The maximum absolute atomic E-state index is 12.8. The van der Waals surface area contributed by atoms with E-state index in [0.29, 0.717) is 16.7 Å². The van der Waals surface area contributed by atoms with Gasteiger partial charge in [-0.3, -0.25) is 4.79 Å². The fourth-order valence-corrected chi connectivity index (χ4v) is 4.39. The van der Waals surface area contributed by atoms with E-state index in [2.05, 4.69) is 35.4 Å². The summed E-state index contributed by atoms with van der Waals surface area (Å²) in [7, 11) is 0. The van der Waals surface area contributed by atoms with E-state index in [1.807, 2.05) is 0 Å². The predicted octanol–water partition coefficient (Wildman–Crippen LogP) is 2.60. The lowest BCUT2D eigenvalue weighted by molar-refractivity contribution is -0.115. The first kappa shape index (κ1) is 23.6. The first-order valence-electron chi connectivity index (χ1n) is 11.5. The van der Waals surface area contributed by atoms with Crippen LogP contribution in [-0.4, -0.2) is 88.7 Å². The van der Waals surface area contributed by atoms with Crippen molar-refractivity contribution in [1.82, 2.24) is 30.1 Å².